The van der Waals surface area contributed by atoms with Gasteiger partial charge in [0.05, 0.1) is 17.8 Å². The number of ether oxygens (including phenoxy) is 1. The lowest BCUT2D eigenvalue weighted by Gasteiger charge is -2.13. The number of methoxy groups -OCH3 is 1. The molecule has 0 bridgehead atoms. The van der Waals surface area contributed by atoms with Gasteiger partial charge in [-0.2, -0.15) is 0 Å². The largest absolute Gasteiger partial charge is 0.495 e. The Bertz CT molecular complexity index is 1270. The number of hydrazine groups is 1. The Balaban J connectivity index is 1.77. The van der Waals surface area contributed by atoms with Crippen molar-refractivity contribution in [2.75, 3.05) is 11.8 Å². The van der Waals surface area contributed by atoms with Crippen molar-refractivity contribution in [1.82, 2.24) is 10.9 Å². The molecular weight excluding hydrogens is 461 g/mol. The monoisotopic (exact) mass is 477 g/mol. The summed E-state index contributed by atoms with van der Waals surface area (Å²) < 4.78 is 46.2. The molecule has 2 amide bonds. The number of anilines is 1. The van der Waals surface area contributed by atoms with Crippen molar-refractivity contribution >= 4 is 39.1 Å². The van der Waals surface area contributed by atoms with Crippen LogP contribution in [0.3, 0.4) is 0 Å². The van der Waals surface area contributed by atoms with E-state index in [9.17, 15) is 22.4 Å². The zero-order valence-electron chi connectivity index (χ0n) is 16.6. The molecule has 0 heterocycles. The molecule has 0 aliphatic carbocycles. The molecule has 0 saturated carbocycles. The number of rotatable bonds is 6. The standard InChI is InChI=1S/C21H17ClFN3O5S/c1-31-18-5-3-2-4-17(18)26-32(29,30)19-12-14(8-11-16(19)22)21(28)25-24-20(27)13-6-9-15(23)10-7-13/h2-12,26H,1H3,(H,24,27)(H,25,28). The summed E-state index contributed by atoms with van der Waals surface area (Å²) >= 11 is 6.06. The highest BCUT2D eigenvalue weighted by Gasteiger charge is 2.22. The Morgan fingerprint density at radius 1 is 0.906 bits per heavy atom. The SMILES string of the molecule is COc1ccccc1NS(=O)(=O)c1cc(C(=O)NNC(=O)c2ccc(F)cc2)ccc1Cl. The number of hydrogen-bond donors (Lipinski definition) is 3. The number of nitrogens with one attached hydrogen (secondary N) is 3. The van der Waals surface area contributed by atoms with Crippen LogP contribution in [-0.4, -0.2) is 27.3 Å². The highest BCUT2D eigenvalue weighted by molar-refractivity contribution is 7.92. The van der Waals surface area contributed by atoms with Gasteiger partial charge < -0.3 is 4.74 Å². The molecule has 3 rings (SSSR count). The number of para-hydroxylation sites is 2. The summed E-state index contributed by atoms with van der Waals surface area (Å²) in [6.07, 6.45) is 0. The Labute approximate surface area is 188 Å². The predicted octanol–water partition coefficient (Wildman–Crippen LogP) is 3.36. The summed E-state index contributed by atoms with van der Waals surface area (Å²) in [6.45, 7) is 0. The zero-order valence-corrected chi connectivity index (χ0v) is 18.1. The first kappa shape index (κ1) is 23.0. The molecule has 32 heavy (non-hydrogen) atoms. The minimum absolute atomic E-state index is 0.0748. The van der Waals surface area contributed by atoms with E-state index in [1.54, 1.807) is 18.2 Å². The lowest BCUT2D eigenvalue weighted by molar-refractivity contribution is 0.0846. The van der Waals surface area contributed by atoms with Crippen LogP contribution in [0.25, 0.3) is 0 Å². The fraction of sp³-hybridized carbons (Fsp3) is 0.0476. The van der Waals surface area contributed by atoms with Crippen LogP contribution in [0.4, 0.5) is 10.1 Å². The molecule has 0 atom stereocenters. The molecule has 0 unspecified atom stereocenters. The van der Waals surface area contributed by atoms with E-state index in [1.165, 1.54) is 37.4 Å². The van der Waals surface area contributed by atoms with Crippen molar-refractivity contribution in [1.29, 1.82) is 0 Å². The molecule has 0 radical (unpaired) electrons. The highest BCUT2D eigenvalue weighted by atomic mass is 35.5. The molecule has 0 saturated heterocycles. The van der Waals surface area contributed by atoms with Gasteiger partial charge in [-0.1, -0.05) is 23.7 Å². The van der Waals surface area contributed by atoms with E-state index in [4.69, 9.17) is 16.3 Å². The minimum atomic E-state index is -4.18. The van der Waals surface area contributed by atoms with Crippen molar-refractivity contribution in [2.24, 2.45) is 0 Å². The van der Waals surface area contributed by atoms with Crippen LogP contribution in [0.5, 0.6) is 5.75 Å². The normalized spacial score (nSPS) is 10.8. The number of sulfonamides is 1. The third-order valence-electron chi connectivity index (χ3n) is 4.23. The summed E-state index contributed by atoms with van der Waals surface area (Å²) in [6, 6.07) is 14.7. The second-order valence-corrected chi connectivity index (χ2v) is 8.42. The fourth-order valence-electron chi connectivity index (χ4n) is 2.64. The van der Waals surface area contributed by atoms with Gasteiger partial charge in [0, 0.05) is 11.1 Å². The van der Waals surface area contributed by atoms with Crippen LogP contribution in [0.2, 0.25) is 5.02 Å². The topological polar surface area (TPSA) is 114 Å². The molecular formula is C21H17ClFN3O5S. The smallest absolute Gasteiger partial charge is 0.269 e. The van der Waals surface area contributed by atoms with E-state index in [-0.39, 0.29) is 26.7 Å². The molecule has 11 heteroatoms. The number of carbonyl (C=O) groups is 2. The van der Waals surface area contributed by atoms with Crippen LogP contribution in [0, 0.1) is 5.82 Å². The van der Waals surface area contributed by atoms with E-state index < -0.39 is 27.7 Å². The first-order valence-electron chi connectivity index (χ1n) is 9.03. The summed E-state index contributed by atoms with van der Waals surface area (Å²) in [5.74, 6) is -1.68. The van der Waals surface area contributed by atoms with Crippen LogP contribution < -0.4 is 20.3 Å². The summed E-state index contributed by atoms with van der Waals surface area (Å²) in [5.41, 5.74) is 4.57. The van der Waals surface area contributed by atoms with Crippen molar-refractivity contribution in [2.45, 2.75) is 4.90 Å². The third-order valence-corrected chi connectivity index (χ3v) is 6.08. The molecule has 0 aliphatic heterocycles. The first-order valence-corrected chi connectivity index (χ1v) is 10.9. The number of amides is 2. The van der Waals surface area contributed by atoms with Gasteiger partial charge in [-0.25, -0.2) is 12.8 Å². The molecule has 166 valence electrons. The second-order valence-electron chi connectivity index (χ2n) is 6.37. The summed E-state index contributed by atoms with van der Waals surface area (Å²) in [5, 5.41) is -0.112. The van der Waals surface area contributed by atoms with Gasteiger partial charge in [0.1, 0.15) is 16.5 Å². The first-order chi connectivity index (χ1) is 15.2. The molecule has 0 aromatic heterocycles. The lowest BCUT2D eigenvalue weighted by atomic mass is 10.2. The van der Waals surface area contributed by atoms with Crippen LogP contribution in [-0.2, 0) is 10.0 Å². The third kappa shape index (κ3) is 5.34. The van der Waals surface area contributed by atoms with E-state index in [0.29, 0.717) is 5.75 Å². The average Bonchev–Trinajstić information content (AvgIpc) is 2.78. The van der Waals surface area contributed by atoms with E-state index in [2.05, 4.69) is 15.6 Å². The van der Waals surface area contributed by atoms with Crippen LogP contribution >= 0.6 is 11.6 Å². The van der Waals surface area contributed by atoms with Crippen molar-refractivity contribution < 1.29 is 27.1 Å². The summed E-state index contributed by atoms with van der Waals surface area (Å²) in [4.78, 5) is 24.1. The van der Waals surface area contributed by atoms with Gasteiger partial charge >= 0.3 is 0 Å². The fourth-order valence-corrected chi connectivity index (χ4v) is 4.24. The average molecular weight is 478 g/mol. The molecule has 8 nitrogen and oxygen atoms in total. The number of halogens is 2. The minimum Gasteiger partial charge on any atom is -0.495 e. The van der Waals surface area contributed by atoms with Gasteiger partial charge in [0.25, 0.3) is 21.8 Å². The number of carbonyl (C=O) groups excluding carboxylic acids is 2. The Morgan fingerprint density at radius 2 is 1.50 bits per heavy atom. The van der Waals surface area contributed by atoms with Gasteiger partial charge in [0.2, 0.25) is 0 Å². The summed E-state index contributed by atoms with van der Waals surface area (Å²) in [7, 11) is -2.78. The molecule has 0 fully saturated rings. The Hall–Kier alpha value is -3.63. The molecule has 3 aromatic rings. The Kier molecular flexibility index (Phi) is 6.96. The molecule has 0 aliphatic rings. The van der Waals surface area contributed by atoms with Crippen LogP contribution in [0.15, 0.2) is 71.6 Å². The van der Waals surface area contributed by atoms with Crippen molar-refractivity contribution in [3.05, 3.63) is 88.7 Å². The highest BCUT2D eigenvalue weighted by Crippen LogP contribution is 2.29. The predicted molar refractivity (Wildman–Crippen MR) is 117 cm³/mol. The number of hydrogen-bond acceptors (Lipinski definition) is 5. The van der Waals surface area contributed by atoms with E-state index in [0.717, 1.165) is 18.2 Å². The van der Waals surface area contributed by atoms with Crippen molar-refractivity contribution in [3.8, 4) is 5.75 Å². The van der Waals surface area contributed by atoms with Crippen LogP contribution in [0.1, 0.15) is 20.7 Å². The maximum Gasteiger partial charge on any atom is 0.269 e. The lowest BCUT2D eigenvalue weighted by Crippen LogP contribution is -2.41. The van der Waals surface area contributed by atoms with E-state index >= 15 is 0 Å². The van der Waals surface area contributed by atoms with Crippen molar-refractivity contribution in [3.63, 3.8) is 0 Å². The zero-order chi connectivity index (χ0) is 23.3. The van der Waals surface area contributed by atoms with Gasteiger partial charge in [-0.3, -0.25) is 25.2 Å². The molecule has 0 spiro atoms. The van der Waals surface area contributed by atoms with E-state index in [1.807, 2.05) is 0 Å². The Morgan fingerprint density at radius 3 is 2.16 bits per heavy atom. The second kappa shape index (κ2) is 9.67. The van der Waals surface area contributed by atoms with Gasteiger partial charge in [-0.15, -0.1) is 0 Å². The maximum absolute atomic E-state index is 13.0. The van der Waals surface area contributed by atoms with Gasteiger partial charge in [-0.05, 0) is 54.6 Å². The molecule has 3 aromatic carbocycles. The molecule has 3 N–H and O–H groups in total. The van der Waals surface area contributed by atoms with Gasteiger partial charge in [0.15, 0.2) is 0 Å². The maximum atomic E-state index is 13.0. The number of benzene rings is 3. The quantitative estimate of drug-likeness (QED) is 0.471.